The maximum absolute atomic E-state index is 12.9. The molecule has 2 rings (SSSR count). The number of sulfone groups is 1. The number of aryl methyl sites for hydroxylation is 1. The highest BCUT2D eigenvalue weighted by Crippen LogP contribution is 2.24. The average molecular weight is 415 g/mol. The number of benzene rings is 2. The Labute approximate surface area is 172 Å². The van der Waals surface area contributed by atoms with Crippen molar-refractivity contribution in [1.29, 1.82) is 5.26 Å². The van der Waals surface area contributed by atoms with E-state index >= 15 is 0 Å². The van der Waals surface area contributed by atoms with Gasteiger partial charge in [0.25, 0.3) is 0 Å². The SMILES string of the molecule is Cc1cccc(OC(=O)N[C@H](CS(=O)(=O)C(C)c2ccc(C#N)cc2)C(C)C)c1. The van der Waals surface area contributed by atoms with Crippen LogP contribution in [0, 0.1) is 24.2 Å². The van der Waals surface area contributed by atoms with Gasteiger partial charge in [0.15, 0.2) is 9.84 Å². The van der Waals surface area contributed by atoms with Crippen molar-refractivity contribution < 1.29 is 17.9 Å². The molecule has 2 aromatic rings. The lowest BCUT2D eigenvalue weighted by atomic mass is 10.1. The molecule has 0 heterocycles. The van der Waals surface area contributed by atoms with Gasteiger partial charge in [-0.05, 0) is 55.2 Å². The van der Waals surface area contributed by atoms with Crippen LogP contribution < -0.4 is 10.1 Å². The Balaban J connectivity index is 2.09. The Bertz CT molecular complexity index is 992. The van der Waals surface area contributed by atoms with Gasteiger partial charge in [0, 0.05) is 6.04 Å². The van der Waals surface area contributed by atoms with Crippen LogP contribution in [0.5, 0.6) is 5.75 Å². The van der Waals surface area contributed by atoms with E-state index in [1.54, 1.807) is 49.4 Å². The lowest BCUT2D eigenvalue weighted by molar-refractivity contribution is 0.193. The minimum Gasteiger partial charge on any atom is -0.410 e. The number of amides is 1. The molecule has 2 atom stereocenters. The lowest BCUT2D eigenvalue weighted by Crippen LogP contribution is -2.45. The van der Waals surface area contributed by atoms with Crippen molar-refractivity contribution in [3.63, 3.8) is 0 Å². The summed E-state index contributed by atoms with van der Waals surface area (Å²) in [5.74, 6) is 0.0798. The predicted molar refractivity (Wildman–Crippen MR) is 112 cm³/mol. The summed E-state index contributed by atoms with van der Waals surface area (Å²) >= 11 is 0. The number of hydrogen-bond acceptors (Lipinski definition) is 5. The summed E-state index contributed by atoms with van der Waals surface area (Å²) in [6.45, 7) is 7.19. The van der Waals surface area contributed by atoms with Gasteiger partial charge in [0.2, 0.25) is 0 Å². The molecule has 1 unspecified atom stereocenters. The van der Waals surface area contributed by atoms with Gasteiger partial charge in [-0.1, -0.05) is 38.1 Å². The number of nitriles is 1. The van der Waals surface area contributed by atoms with E-state index in [0.717, 1.165) is 5.56 Å². The van der Waals surface area contributed by atoms with Crippen molar-refractivity contribution in [3.05, 3.63) is 65.2 Å². The molecule has 0 radical (unpaired) electrons. The second-order valence-corrected chi connectivity index (χ2v) is 9.77. The topological polar surface area (TPSA) is 96.3 Å². The fraction of sp³-hybridized carbons (Fsp3) is 0.364. The molecule has 0 aromatic heterocycles. The van der Waals surface area contributed by atoms with Crippen molar-refractivity contribution in [2.45, 2.75) is 39.0 Å². The quantitative estimate of drug-likeness (QED) is 0.734. The van der Waals surface area contributed by atoms with E-state index in [0.29, 0.717) is 16.9 Å². The number of hydrogen-bond donors (Lipinski definition) is 1. The second kappa shape index (κ2) is 9.57. The van der Waals surface area contributed by atoms with E-state index in [2.05, 4.69) is 5.32 Å². The molecule has 0 aliphatic rings. The van der Waals surface area contributed by atoms with E-state index < -0.39 is 27.2 Å². The van der Waals surface area contributed by atoms with Gasteiger partial charge in [0.1, 0.15) is 5.75 Å². The minimum absolute atomic E-state index is 0.108. The minimum atomic E-state index is -3.56. The lowest BCUT2D eigenvalue weighted by Gasteiger charge is -2.24. The van der Waals surface area contributed by atoms with Gasteiger partial charge in [-0.25, -0.2) is 13.2 Å². The fourth-order valence-corrected chi connectivity index (χ4v) is 4.63. The highest BCUT2D eigenvalue weighted by atomic mass is 32.2. The second-order valence-electron chi connectivity index (χ2n) is 7.41. The first kappa shape index (κ1) is 22.4. The van der Waals surface area contributed by atoms with Crippen LogP contribution in [-0.2, 0) is 9.84 Å². The van der Waals surface area contributed by atoms with E-state index in [-0.39, 0.29) is 11.7 Å². The molecule has 0 spiro atoms. The molecular weight excluding hydrogens is 388 g/mol. The summed E-state index contributed by atoms with van der Waals surface area (Å²) in [6.07, 6.45) is -0.685. The Morgan fingerprint density at radius 3 is 2.34 bits per heavy atom. The third-order valence-corrected chi connectivity index (χ3v) is 6.94. The van der Waals surface area contributed by atoms with Crippen molar-refractivity contribution >= 4 is 15.9 Å². The molecule has 0 saturated heterocycles. The third kappa shape index (κ3) is 6.33. The Kier molecular flexibility index (Phi) is 7.40. The van der Waals surface area contributed by atoms with E-state index in [1.165, 1.54) is 0 Å². The zero-order valence-electron chi connectivity index (χ0n) is 17.0. The number of carbonyl (C=O) groups is 1. The van der Waals surface area contributed by atoms with Gasteiger partial charge in [-0.3, -0.25) is 0 Å². The van der Waals surface area contributed by atoms with Crippen LogP contribution in [0.4, 0.5) is 4.79 Å². The van der Waals surface area contributed by atoms with Crippen molar-refractivity contribution in [2.24, 2.45) is 5.92 Å². The van der Waals surface area contributed by atoms with Crippen molar-refractivity contribution in [3.8, 4) is 11.8 Å². The molecular formula is C22H26N2O4S. The van der Waals surface area contributed by atoms with Crippen LogP contribution in [0.15, 0.2) is 48.5 Å². The first-order chi connectivity index (χ1) is 13.6. The Hall–Kier alpha value is -2.85. The number of ether oxygens (including phenoxy) is 1. The molecule has 2 aromatic carbocycles. The molecule has 29 heavy (non-hydrogen) atoms. The molecule has 0 bridgehead atoms. The Morgan fingerprint density at radius 2 is 1.79 bits per heavy atom. The van der Waals surface area contributed by atoms with Crippen molar-refractivity contribution in [1.82, 2.24) is 5.32 Å². The van der Waals surface area contributed by atoms with Gasteiger partial charge < -0.3 is 10.1 Å². The molecule has 0 saturated carbocycles. The summed E-state index contributed by atoms with van der Waals surface area (Å²) < 4.78 is 31.1. The largest absolute Gasteiger partial charge is 0.412 e. The van der Waals surface area contributed by atoms with E-state index in [4.69, 9.17) is 10.00 Å². The molecule has 1 N–H and O–H groups in total. The summed E-state index contributed by atoms with van der Waals surface area (Å²) in [4.78, 5) is 12.3. The zero-order valence-corrected chi connectivity index (χ0v) is 17.9. The molecule has 1 amide bonds. The first-order valence-corrected chi connectivity index (χ1v) is 11.1. The average Bonchev–Trinajstić information content (AvgIpc) is 2.66. The first-order valence-electron chi connectivity index (χ1n) is 9.39. The monoisotopic (exact) mass is 414 g/mol. The number of rotatable bonds is 7. The molecule has 0 aliphatic carbocycles. The summed E-state index contributed by atoms with van der Waals surface area (Å²) in [5, 5.41) is 10.8. The van der Waals surface area contributed by atoms with Gasteiger partial charge in [0.05, 0.1) is 22.6 Å². The van der Waals surface area contributed by atoms with Crippen LogP contribution in [0.1, 0.15) is 42.7 Å². The van der Waals surface area contributed by atoms with E-state index in [1.807, 2.05) is 32.9 Å². The summed E-state index contributed by atoms with van der Waals surface area (Å²) in [6, 6.07) is 15.0. The van der Waals surface area contributed by atoms with Gasteiger partial charge in [-0.15, -0.1) is 0 Å². The smallest absolute Gasteiger partial charge is 0.410 e. The van der Waals surface area contributed by atoms with Crippen LogP contribution in [0.2, 0.25) is 0 Å². The van der Waals surface area contributed by atoms with Crippen LogP contribution in [0.3, 0.4) is 0 Å². The normalized spacial score (nSPS) is 13.4. The standard InChI is InChI=1S/C22H26N2O4S/c1-15(2)21(24-22(25)28-20-7-5-6-16(3)12-20)14-29(26,27)17(4)19-10-8-18(13-23)9-11-19/h5-12,15,17,21H,14H2,1-4H3,(H,24,25)/t17?,21-/m1/s1. The summed E-state index contributed by atoms with van der Waals surface area (Å²) in [5.41, 5.74) is 2.03. The highest BCUT2D eigenvalue weighted by molar-refractivity contribution is 7.91. The van der Waals surface area contributed by atoms with Crippen LogP contribution >= 0.6 is 0 Å². The molecule has 7 heteroatoms. The van der Waals surface area contributed by atoms with Crippen LogP contribution in [0.25, 0.3) is 0 Å². The number of nitrogens with zero attached hydrogens (tertiary/aromatic N) is 1. The highest BCUT2D eigenvalue weighted by Gasteiger charge is 2.29. The van der Waals surface area contributed by atoms with Crippen LogP contribution in [-0.4, -0.2) is 26.3 Å². The maximum atomic E-state index is 12.9. The van der Waals surface area contributed by atoms with Gasteiger partial charge in [-0.2, -0.15) is 5.26 Å². The fourth-order valence-electron chi connectivity index (χ4n) is 2.80. The number of carbonyl (C=O) groups excluding carboxylic acids is 1. The number of nitrogens with one attached hydrogen (secondary N) is 1. The maximum Gasteiger partial charge on any atom is 0.412 e. The molecule has 0 aliphatic heterocycles. The third-order valence-electron chi connectivity index (χ3n) is 4.77. The van der Waals surface area contributed by atoms with Crippen molar-refractivity contribution in [2.75, 3.05) is 5.75 Å². The molecule has 6 nitrogen and oxygen atoms in total. The predicted octanol–water partition coefficient (Wildman–Crippen LogP) is 4.16. The van der Waals surface area contributed by atoms with E-state index in [9.17, 15) is 13.2 Å². The molecule has 0 fully saturated rings. The zero-order chi connectivity index (χ0) is 21.6. The summed E-state index contributed by atoms with van der Waals surface area (Å²) in [7, 11) is -3.56. The molecule has 154 valence electrons. The van der Waals surface area contributed by atoms with Gasteiger partial charge >= 0.3 is 6.09 Å². The Morgan fingerprint density at radius 1 is 1.14 bits per heavy atom.